The van der Waals surface area contributed by atoms with Crippen molar-refractivity contribution in [3.63, 3.8) is 0 Å². The second-order valence-electron chi connectivity index (χ2n) is 5.06. The molecule has 3 nitrogen and oxygen atoms in total. The van der Waals surface area contributed by atoms with Gasteiger partial charge in [0.05, 0.1) is 12.3 Å². The average molecular weight is 256 g/mol. The molecule has 1 aliphatic rings. The topological polar surface area (TPSA) is 28.4 Å². The summed E-state index contributed by atoms with van der Waals surface area (Å²) in [6.07, 6.45) is 1.77. The van der Waals surface area contributed by atoms with Gasteiger partial charge in [-0.15, -0.1) is 0 Å². The second kappa shape index (κ2) is 5.59. The van der Waals surface area contributed by atoms with Crippen molar-refractivity contribution in [1.82, 2.24) is 10.2 Å². The molecule has 0 amide bonds. The molecule has 1 aromatic carbocycles. The molecule has 1 unspecified atom stereocenters. The number of furan rings is 1. The van der Waals surface area contributed by atoms with Crippen molar-refractivity contribution in [3.8, 4) is 0 Å². The van der Waals surface area contributed by atoms with E-state index in [-0.39, 0.29) is 6.04 Å². The van der Waals surface area contributed by atoms with Crippen LogP contribution in [0.4, 0.5) is 0 Å². The summed E-state index contributed by atoms with van der Waals surface area (Å²) in [6, 6.07) is 12.9. The number of piperazine rings is 1. The highest BCUT2D eigenvalue weighted by Crippen LogP contribution is 2.31. The molecule has 0 aliphatic carbocycles. The highest BCUT2D eigenvalue weighted by molar-refractivity contribution is 5.33. The molecule has 0 radical (unpaired) electrons. The molecule has 1 fully saturated rings. The van der Waals surface area contributed by atoms with Gasteiger partial charge in [0.25, 0.3) is 0 Å². The Kier molecular flexibility index (Phi) is 3.67. The first-order valence-corrected chi connectivity index (χ1v) is 6.90. The molecule has 1 aromatic heterocycles. The summed E-state index contributed by atoms with van der Waals surface area (Å²) < 4.78 is 5.70. The molecule has 1 N–H and O–H groups in total. The standard InChI is InChI=1S/C16H20N2O/c1-13-5-2-3-6-14(13)16(15-7-4-12-19-15)18-10-8-17-9-11-18/h2-7,12,16-17H,8-11H2,1H3. The van der Waals surface area contributed by atoms with Gasteiger partial charge in [0.15, 0.2) is 0 Å². The monoisotopic (exact) mass is 256 g/mol. The van der Waals surface area contributed by atoms with Crippen LogP contribution in [0.5, 0.6) is 0 Å². The van der Waals surface area contributed by atoms with E-state index in [2.05, 4.69) is 47.5 Å². The molecule has 19 heavy (non-hydrogen) atoms. The average Bonchev–Trinajstić information content (AvgIpc) is 2.96. The Morgan fingerprint density at radius 2 is 1.89 bits per heavy atom. The Bertz CT molecular complexity index is 515. The molecule has 2 heterocycles. The van der Waals surface area contributed by atoms with Gasteiger partial charge >= 0.3 is 0 Å². The number of benzene rings is 1. The van der Waals surface area contributed by atoms with Crippen LogP contribution < -0.4 is 5.32 Å². The summed E-state index contributed by atoms with van der Waals surface area (Å²) in [6.45, 7) is 6.37. The lowest BCUT2D eigenvalue weighted by atomic mass is 9.97. The van der Waals surface area contributed by atoms with E-state index in [9.17, 15) is 0 Å². The van der Waals surface area contributed by atoms with Crippen LogP contribution in [0, 0.1) is 6.92 Å². The van der Waals surface area contributed by atoms with Crippen LogP contribution in [0.3, 0.4) is 0 Å². The second-order valence-corrected chi connectivity index (χ2v) is 5.06. The first-order valence-electron chi connectivity index (χ1n) is 6.90. The molecular weight excluding hydrogens is 236 g/mol. The van der Waals surface area contributed by atoms with Gasteiger partial charge in [0.2, 0.25) is 0 Å². The van der Waals surface area contributed by atoms with Crippen LogP contribution in [0.1, 0.15) is 22.9 Å². The molecule has 1 saturated heterocycles. The van der Waals surface area contributed by atoms with Crippen molar-refractivity contribution in [2.45, 2.75) is 13.0 Å². The van der Waals surface area contributed by atoms with E-state index >= 15 is 0 Å². The lowest BCUT2D eigenvalue weighted by Gasteiger charge is -2.34. The molecule has 3 heteroatoms. The maximum Gasteiger partial charge on any atom is 0.125 e. The fourth-order valence-corrected chi connectivity index (χ4v) is 2.81. The Morgan fingerprint density at radius 1 is 1.11 bits per heavy atom. The van der Waals surface area contributed by atoms with Gasteiger partial charge in [0, 0.05) is 26.2 Å². The minimum absolute atomic E-state index is 0.235. The SMILES string of the molecule is Cc1ccccc1C(c1ccco1)N1CCNCC1. The minimum atomic E-state index is 0.235. The summed E-state index contributed by atoms with van der Waals surface area (Å²) >= 11 is 0. The zero-order valence-electron chi connectivity index (χ0n) is 11.3. The number of hydrogen-bond donors (Lipinski definition) is 1. The van der Waals surface area contributed by atoms with Crippen molar-refractivity contribution in [3.05, 3.63) is 59.5 Å². The van der Waals surface area contributed by atoms with Crippen molar-refractivity contribution < 1.29 is 4.42 Å². The molecular formula is C16H20N2O. The predicted octanol–water partition coefficient (Wildman–Crippen LogP) is 2.58. The Hall–Kier alpha value is -1.58. The van der Waals surface area contributed by atoms with Crippen LogP contribution in [0.25, 0.3) is 0 Å². The van der Waals surface area contributed by atoms with Crippen LogP contribution in [-0.4, -0.2) is 31.1 Å². The van der Waals surface area contributed by atoms with E-state index in [4.69, 9.17) is 4.42 Å². The largest absolute Gasteiger partial charge is 0.467 e. The Labute approximate surface area is 114 Å². The van der Waals surface area contributed by atoms with E-state index in [1.165, 1.54) is 11.1 Å². The fourth-order valence-electron chi connectivity index (χ4n) is 2.81. The lowest BCUT2D eigenvalue weighted by Crippen LogP contribution is -2.45. The molecule has 1 atom stereocenters. The zero-order valence-corrected chi connectivity index (χ0v) is 11.3. The molecule has 100 valence electrons. The highest BCUT2D eigenvalue weighted by atomic mass is 16.3. The lowest BCUT2D eigenvalue weighted by molar-refractivity contribution is 0.179. The molecule has 2 aromatic rings. The highest BCUT2D eigenvalue weighted by Gasteiger charge is 2.26. The molecule has 3 rings (SSSR count). The summed E-state index contributed by atoms with van der Waals surface area (Å²) in [5.41, 5.74) is 2.67. The van der Waals surface area contributed by atoms with Gasteiger partial charge in [-0.1, -0.05) is 24.3 Å². The predicted molar refractivity (Wildman–Crippen MR) is 76.2 cm³/mol. The minimum Gasteiger partial charge on any atom is -0.467 e. The Morgan fingerprint density at radius 3 is 2.58 bits per heavy atom. The van der Waals surface area contributed by atoms with Crippen molar-refractivity contribution in [1.29, 1.82) is 0 Å². The number of nitrogens with zero attached hydrogens (tertiary/aromatic N) is 1. The number of aryl methyl sites for hydroxylation is 1. The quantitative estimate of drug-likeness (QED) is 0.915. The van der Waals surface area contributed by atoms with E-state index in [0.717, 1.165) is 31.9 Å². The number of rotatable bonds is 3. The van der Waals surface area contributed by atoms with Gasteiger partial charge in [-0.2, -0.15) is 0 Å². The van der Waals surface area contributed by atoms with Gasteiger partial charge in [0.1, 0.15) is 5.76 Å². The first kappa shape index (κ1) is 12.5. The summed E-state index contributed by atoms with van der Waals surface area (Å²) in [4.78, 5) is 2.50. The van der Waals surface area contributed by atoms with E-state index in [1.54, 1.807) is 6.26 Å². The van der Waals surface area contributed by atoms with Crippen molar-refractivity contribution >= 4 is 0 Å². The van der Waals surface area contributed by atoms with Gasteiger partial charge in [-0.25, -0.2) is 0 Å². The zero-order chi connectivity index (χ0) is 13.1. The molecule has 0 bridgehead atoms. The van der Waals surface area contributed by atoms with Gasteiger partial charge in [-0.05, 0) is 30.2 Å². The van der Waals surface area contributed by atoms with Crippen LogP contribution >= 0.6 is 0 Å². The Balaban J connectivity index is 1.99. The van der Waals surface area contributed by atoms with Crippen LogP contribution in [0.15, 0.2) is 47.1 Å². The summed E-state index contributed by atoms with van der Waals surface area (Å²) in [5.74, 6) is 1.04. The van der Waals surface area contributed by atoms with E-state index in [0.29, 0.717) is 0 Å². The normalized spacial score (nSPS) is 18.4. The van der Waals surface area contributed by atoms with Crippen molar-refractivity contribution in [2.75, 3.05) is 26.2 Å². The van der Waals surface area contributed by atoms with Crippen molar-refractivity contribution in [2.24, 2.45) is 0 Å². The fraction of sp³-hybridized carbons (Fsp3) is 0.375. The third-order valence-electron chi connectivity index (χ3n) is 3.81. The summed E-state index contributed by atoms with van der Waals surface area (Å²) in [5, 5.41) is 3.41. The third kappa shape index (κ3) is 2.57. The number of nitrogens with one attached hydrogen (secondary N) is 1. The van der Waals surface area contributed by atoms with Crippen LogP contribution in [-0.2, 0) is 0 Å². The third-order valence-corrected chi connectivity index (χ3v) is 3.81. The van der Waals surface area contributed by atoms with Gasteiger partial charge < -0.3 is 9.73 Å². The van der Waals surface area contributed by atoms with Gasteiger partial charge in [-0.3, -0.25) is 4.90 Å². The van der Waals surface area contributed by atoms with Crippen LogP contribution in [0.2, 0.25) is 0 Å². The summed E-state index contributed by atoms with van der Waals surface area (Å²) in [7, 11) is 0. The molecule has 0 spiro atoms. The maximum atomic E-state index is 5.70. The van der Waals surface area contributed by atoms with E-state index in [1.807, 2.05) is 6.07 Å². The number of hydrogen-bond acceptors (Lipinski definition) is 3. The molecule has 0 saturated carbocycles. The maximum absolute atomic E-state index is 5.70. The molecule has 1 aliphatic heterocycles. The smallest absolute Gasteiger partial charge is 0.125 e. The first-order chi connectivity index (χ1) is 9.36. The van der Waals surface area contributed by atoms with E-state index < -0.39 is 0 Å².